The van der Waals surface area contributed by atoms with Gasteiger partial charge in [0.1, 0.15) is 0 Å². The van der Waals surface area contributed by atoms with Crippen LogP contribution in [0.3, 0.4) is 0 Å². The molecule has 0 aliphatic carbocycles. The molecule has 0 saturated heterocycles. The van der Waals surface area contributed by atoms with Crippen LogP contribution in [0.4, 0.5) is 0 Å². The summed E-state index contributed by atoms with van der Waals surface area (Å²) in [5.74, 6) is 0. The standard InChI is InChI=1S/C7H13N/c1-3-7(2)5-4-6-8/h3-4,6H,5,8H2,1-2H3/b6-4-,7-3-. The van der Waals surface area contributed by atoms with Crippen molar-refractivity contribution in [3.8, 4) is 0 Å². The lowest BCUT2D eigenvalue weighted by Crippen LogP contribution is -1.76. The topological polar surface area (TPSA) is 26.0 Å². The van der Waals surface area contributed by atoms with Crippen molar-refractivity contribution in [2.24, 2.45) is 5.73 Å². The summed E-state index contributed by atoms with van der Waals surface area (Å²) in [6, 6.07) is 0. The Bertz CT molecular complexity index is 101. The van der Waals surface area contributed by atoms with Crippen molar-refractivity contribution in [1.82, 2.24) is 0 Å². The Hall–Kier alpha value is -0.720. The first kappa shape index (κ1) is 7.28. The molecule has 0 saturated carbocycles. The molecule has 0 heterocycles. The zero-order valence-electron chi connectivity index (χ0n) is 5.52. The van der Waals surface area contributed by atoms with E-state index in [4.69, 9.17) is 5.73 Å². The average Bonchev–Trinajstić information content (AvgIpc) is 1.83. The van der Waals surface area contributed by atoms with Gasteiger partial charge in [-0.05, 0) is 26.5 Å². The summed E-state index contributed by atoms with van der Waals surface area (Å²) < 4.78 is 0. The van der Waals surface area contributed by atoms with E-state index in [1.165, 1.54) is 5.57 Å². The largest absolute Gasteiger partial charge is 0.405 e. The highest BCUT2D eigenvalue weighted by Crippen LogP contribution is 1.97. The Kier molecular flexibility index (Phi) is 4.04. The first-order chi connectivity index (χ1) is 3.81. The zero-order valence-corrected chi connectivity index (χ0v) is 5.52. The van der Waals surface area contributed by atoms with Gasteiger partial charge in [-0.25, -0.2) is 0 Å². The SMILES string of the molecule is C/C=C(/C)C/C=C\N. The minimum Gasteiger partial charge on any atom is -0.405 e. The van der Waals surface area contributed by atoms with Crippen LogP contribution in [0.25, 0.3) is 0 Å². The fourth-order valence-electron chi connectivity index (χ4n) is 0.372. The Labute approximate surface area is 50.9 Å². The third-order valence-electron chi connectivity index (χ3n) is 1.07. The number of hydrogen-bond donors (Lipinski definition) is 1. The van der Waals surface area contributed by atoms with Gasteiger partial charge in [0.15, 0.2) is 0 Å². The molecule has 0 spiro atoms. The van der Waals surface area contributed by atoms with E-state index in [2.05, 4.69) is 13.0 Å². The molecule has 0 aromatic rings. The van der Waals surface area contributed by atoms with Crippen molar-refractivity contribution in [3.63, 3.8) is 0 Å². The molecule has 0 aliphatic rings. The van der Waals surface area contributed by atoms with Crippen LogP contribution in [-0.2, 0) is 0 Å². The summed E-state index contributed by atoms with van der Waals surface area (Å²) >= 11 is 0. The van der Waals surface area contributed by atoms with Gasteiger partial charge in [0.05, 0.1) is 0 Å². The minimum atomic E-state index is 0.979. The molecular formula is C7H13N. The van der Waals surface area contributed by atoms with Crippen molar-refractivity contribution in [3.05, 3.63) is 23.9 Å². The van der Waals surface area contributed by atoms with Gasteiger partial charge in [-0.1, -0.05) is 17.7 Å². The summed E-state index contributed by atoms with van der Waals surface area (Å²) in [6.07, 6.45) is 6.58. The molecule has 1 nitrogen and oxygen atoms in total. The summed E-state index contributed by atoms with van der Waals surface area (Å²) in [4.78, 5) is 0. The third kappa shape index (κ3) is 3.47. The molecule has 0 aromatic heterocycles. The molecule has 0 bridgehead atoms. The number of nitrogens with two attached hydrogens (primary N) is 1. The molecule has 8 heavy (non-hydrogen) atoms. The molecule has 0 fully saturated rings. The highest BCUT2D eigenvalue weighted by Gasteiger charge is 1.77. The van der Waals surface area contributed by atoms with Crippen molar-refractivity contribution >= 4 is 0 Å². The zero-order chi connectivity index (χ0) is 6.41. The fourth-order valence-corrected chi connectivity index (χ4v) is 0.372. The Balaban J connectivity index is 3.40. The van der Waals surface area contributed by atoms with Crippen LogP contribution in [0.5, 0.6) is 0 Å². The predicted octanol–water partition coefficient (Wildman–Crippen LogP) is 1.82. The molecule has 0 radical (unpaired) electrons. The Morgan fingerprint density at radius 1 is 1.62 bits per heavy atom. The fraction of sp³-hybridized carbons (Fsp3) is 0.429. The molecule has 0 unspecified atom stereocenters. The molecule has 0 atom stereocenters. The second-order valence-electron chi connectivity index (χ2n) is 1.77. The highest BCUT2D eigenvalue weighted by molar-refractivity contribution is 5.01. The summed E-state index contributed by atoms with van der Waals surface area (Å²) in [5, 5.41) is 0. The minimum absolute atomic E-state index is 0.979. The van der Waals surface area contributed by atoms with Gasteiger partial charge in [-0.15, -0.1) is 0 Å². The molecule has 0 aliphatic heterocycles. The van der Waals surface area contributed by atoms with Crippen LogP contribution in [0, 0.1) is 0 Å². The summed E-state index contributed by atoms with van der Waals surface area (Å²) in [5.41, 5.74) is 6.48. The van der Waals surface area contributed by atoms with E-state index >= 15 is 0 Å². The lowest BCUT2D eigenvalue weighted by Gasteiger charge is -1.88. The normalized spacial score (nSPS) is 13.0. The van der Waals surface area contributed by atoms with Crippen molar-refractivity contribution in [2.75, 3.05) is 0 Å². The van der Waals surface area contributed by atoms with Crippen LogP contribution in [-0.4, -0.2) is 0 Å². The number of hydrogen-bond acceptors (Lipinski definition) is 1. The van der Waals surface area contributed by atoms with Gasteiger partial charge < -0.3 is 5.73 Å². The van der Waals surface area contributed by atoms with E-state index in [0.717, 1.165) is 6.42 Å². The smallest absolute Gasteiger partial charge is 0.00998 e. The van der Waals surface area contributed by atoms with Crippen LogP contribution in [0.2, 0.25) is 0 Å². The van der Waals surface area contributed by atoms with Crippen LogP contribution in [0.1, 0.15) is 20.3 Å². The third-order valence-corrected chi connectivity index (χ3v) is 1.07. The molecule has 2 N–H and O–H groups in total. The summed E-state index contributed by atoms with van der Waals surface area (Å²) in [6.45, 7) is 4.11. The van der Waals surface area contributed by atoms with E-state index in [9.17, 15) is 0 Å². The van der Waals surface area contributed by atoms with E-state index in [1.807, 2.05) is 13.0 Å². The van der Waals surface area contributed by atoms with E-state index in [0.29, 0.717) is 0 Å². The quantitative estimate of drug-likeness (QED) is 0.540. The number of allylic oxidation sites excluding steroid dienone is 3. The lowest BCUT2D eigenvalue weighted by atomic mass is 10.2. The van der Waals surface area contributed by atoms with Crippen molar-refractivity contribution in [1.29, 1.82) is 0 Å². The molecule has 1 heteroatoms. The van der Waals surface area contributed by atoms with Crippen LogP contribution in [0.15, 0.2) is 23.9 Å². The van der Waals surface area contributed by atoms with Crippen LogP contribution >= 0.6 is 0 Å². The number of rotatable bonds is 2. The monoisotopic (exact) mass is 111 g/mol. The molecule has 0 rings (SSSR count). The second-order valence-corrected chi connectivity index (χ2v) is 1.77. The van der Waals surface area contributed by atoms with Gasteiger partial charge in [0, 0.05) is 0 Å². The van der Waals surface area contributed by atoms with E-state index in [1.54, 1.807) is 6.20 Å². The van der Waals surface area contributed by atoms with E-state index in [-0.39, 0.29) is 0 Å². The van der Waals surface area contributed by atoms with Gasteiger partial charge in [-0.2, -0.15) is 0 Å². The lowest BCUT2D eigenvalue weighted by molar-refractivity contribution is 1.19. The van der Waals surface area contributed by atoms with Gasteiger partial charge in [0.25, 0.3) is 0 Å². The maximum Gasteiger partial charge on any atom is -0.00998 e. The van der Waals surface area contributed by atoms with Crippen molar-refractivity contribution in [2.45, 2.75) is 20.3 Å². The van der Waals surface area contributed by atoms with Crippen LogP contribution < -0.4 is 5.73 Å². The molecule has 46 valence electrons. The molecule has 0 amide bonds. The predicted molar refractivity (Wildman–Crippen MR) is 37.4 cm³/mol. The summed E-state index contributed by atoms with van der Waals surface area (Å²) in [7, 11) is 0. The molecular weight excluding hydrogens is 98.1 g/mol. The van der Waals surface area contributed by atoms with Gasteiger partial charge in [0.2, 0.25) is 0 Å². The van der Waals surface area contributed by atoms with E-state index < -0.39 is 0 Å². The maximum atomic E-state index is 5.12. The first-order valence-corrected chi connectivity index (χ1v) is 2.79. The average molecular weight is 111 g/mol. The highest BCUT2D eigenvalue weighted by atomic mass is 14.5. The van der Waals surface area contributed by atoms with Gasteiger partial charge in [-0.3, -0.25) is 0 Å². The first-order valence-electron chi connectivity index (χ1n) is 2.79. The van der Waals surface area contributed by atoms with Crippen molar-refractivity contribution < 1.29 is 0 Å². The second kappa shape index (κ2) is 4.44. The maximum absolute atomic E-state index is 5.12. The Morgan fingerprint density at radius 3 is 2.62 bits per heavy atom. The van der Waals surface area contributed by atoms with Gasteiger partial charge >= 0.3 is 0 Å². The molecule has 0 aromatic carbocycles. The Morgan fingerprint density at radius 2 is 2.25 bits per heavy atom.